The van der Waals surface area contributed by atoms with Crippen LogP contribution >= 0.6 is 0 Å². The summed E-state index contributed by atoms with van der Waals surface area (Å²) in [4.78, 5) is 5.09. The highest BCUT2D eigenvalue weighted by molar-refractivity contribution is 5.84. The number of benzene rings is 1. The molecule has 0 saturated carbocycles. The second-order valence-electron chi connectivity index (χ2n) is 5.94. The maximum absolute atomic E-state index is 13.8. The molecule has 1 aromatic carbocycles. The molecule has 1 aromatic heterocycles. The number of nitrogens with zero attached hydrogens (tertiary/aromatic N) is 1. The predicted molar refractivity (Wildman–Crippen MR) is 81.3 cm³/mol. The van der Waals surface area contributed by atoms with E-state index in [9.17, 15) is 13.2 Å². The average Bonchev–Trinajstić information content (AvgIpc) is 3.12. The molecule has 0 spiro atoms. The lowest BCUT2D eigenvalue weighted by Gasteiger charge is -2.28. The molecule has 5 heteroatoms. The van der Waals surface area contributed by atoms with Crippen LogP contribution in [-0.4, -0.2) is 28.5 Å². The number of halogens is 3. The molecule has 0 aliphatic carbocycles. The summed E-state index contributed by atoms with van der Waals surface area (Å²) in [5.41, 5.74) is 0.858. The molecule has 2 heterocycles. The molecule has 2 nitrogen and oxygen atoms in total. The Morgan fingerprint density at radius 1 is 1.41 bits per heavy atom. The zero-order valence-electron chi connectivity index (χ0n) is 12.5. The number of nitrogens with one attached hydrogen (secondary N) is 1. The number of aromatic nitrogens is 1. The van der Waals surface area contributed by atoms with Crippen LogP contribution in [-0.2, 0) is 6.42 Å². The third kappa shape index (κ3) is 2.43. The first-order valence-corrected chi connectivity index (χ1v) is 7.54. The first-order chi connectivity index (χ1) is 10.5. The summed E-state index contributed by atoms with van der Waals surface area (Å²) in [6.07, 6.45) is 6.38. The van der Waals surface area contributed by atoms with Crippen molar-refractivity contribution < 1.29 is 13.2 Å². The third-order valence-corrected chi connectivity index (χ3v) is 4.64. The average molecular weight is 308 g/mol. The van der Waals surface area contributed by atoms with Gasteiger partial charge in [-0.15, -0.1) is 6.58 Å². The molecule has 1 aliphatic heterocycles. The highest BCUT2D eigenvalue weighted by Gasteiger charge is 2.28. The van der Waals surface area contributed by atoms with Crippen molar-refractivity contribution >= 4 is 10.9 Å². The van der Waals surface area contributed by atoms with E-state index in [1.807, 2.05) is 6.08 Å². The van der Waals surface area contributed by atoms with Gasteiger partial charge in [-0.1, -0.05) is 6.08 Å². The second-order valence-corrected chi connectivity index (χ2v) is 5.94. The monoisotopic (exact) mass is 308 g/mol. The number of hydrogen-bond acceptors (Lipinski definition) is 1. The molecule has 0 amide bonds. The maximum atomic E-state index is 13.8. The zero-order chi connectivity index (χ0) is 15.9. The number of H-pyrrole nitrogens is 1. The van der Waals surface area contributed by atoms with E-state index >= 15 is 0 Å². The van der Waals surface area contributed by atoms with Gasteiger partial charge in [0.15, 0.2) is 17.5 Å². The predicted octanol–water partition coefficient (Wildman–Crippen LogP) is 4.17. The fourth-order valence-electron chi connectivity index (χ4n) is 3.40. The summed E-state index contributed by atoms with van der Waals surface area (Å²) in [6.45, 7) is 6.92. The van der Waals surface area contributed by atoms with Crippen LogP contribution in [0.3, 0.4) is 0 Å². The number of rotatable bonds is 4. The summed E-state index contributed by atoms with van der Waals surface area (Å²) >= 11 is 0. The quantitative estimate of drug-likeness (QED) is 0.663. The minimum absolute atomic E-state index is 0.0372. The number of aromatic amines is 1. The van der Waals surface area contributed by atoms with E-state index in [-0.39, 0.29) is 11.6 Å². The van der Waals surface area contributed by atoms with Gasteiger partial charge in [-0.2, -0.15) is 0 Å². The molecule has 3 rings (SSSR count). The fraction of sp³-hybridized carbons (Fsp3) is 0.412. The number of likely N-dealkylation sites (tertiary alicyclic amines) is 1. The molecule has 2 atom stereocenters. The largest absolute Gasteiger partial charge is 0.358 e. The number of fused-ring (bicyclic) bond motifs is 1. The molecule has 1 unspecified atom stereocenters. The van der Waals surface area contributed by atoms with Crippen molar-refractivity contribution in [2.24, 2.45) is 0 Å². The van der Waals surface area contributed by atoms with Crippen molar-refractivity contribution in [1.29, 1.82) is 0 Å². The minimum Gasteiger partial charge on any atom is -0.358 e. The lowest BCUT2D eigenvalue weighted by Crippen LogP contribution is -2.37. The standard InChI is InChI=1S/C17H19F3N2/c1-3-10(2)22-6-4-5-12(22)7-11-9-21-17-13(11)8-14(18)15(19)16(17)20/h3,8-10,12,21H,1,4-7H2,2H3/t10?,12-/m1/s1. The highest BCUT2D eigenvalue weighted by Crippen LogP contribution is 2.29. The van der Waals surface area contributed by atoms with Gasteiger partial charge in [-0.3, -0.25) is 4.90 Å². The molecule has 1 saturated heterocycles. The maximum Gasteiger partial charge on any atom is 0.196 e. The van der Waals surface area contributed by atoms with E-state index in [4.69, 9.17) is 0 Å². The zero-order valence-corrected chi connectivity index (χ0v) is 12.5. The van der Waals surface area contributed by atoms with Gasteiger partial charge in [0, 0.05) is 23.7 Å². The van der Waals surface area contributed by atoms with Crippen LogP contribution in [0.4, 0.5) is 13.2 Å². The van der Waals surface area contributed by atoms with Crippen molar-refractivity contribution in [1.82, 2.24) is 9.88 Å². The van der Waals surface area contributed by atoms with Gasteiger partial charge in [0.05, 0.1) is 5.52 Å². The van der Waals surface area contributed by atoms with Crippen LogP contribution in [0.25, 0.3) is 10.9 Å². The van der Waals surface area contributed by atoms with E-state index in [0.717, 1.165) is 31.0 Å². The van der Waals surface area contributed by atoms with Crippen molar-refractivity contribution in [2.45, 2.75) is 38.3 Å². The van der Waals surface area contributed by atoms with Crippen molar-refractivity contribution in [3.8, 4) is 0 Å². The Bertz CT molecular complexity index is 707. The summed E-state index contributed by atoms with van der Waals surface area (Å²) in [7, 11) is 0. The molecular formula is C17H19F3N2. The molecule has 2 aromatic rings. The van der Waals surface area contributed by atoms with Gasteiger partial charge in [0.25, 0.3) is 0 Å². The van der Waals surface area contributed by atoms with E-state index in [0.29, 0.717) is 17.8 Å². The Morgan fingerprint density at radius 3 is 2.91 bits per heavy atom. The third-order valence-electron chi connectivity index (χ3n) is 4.64. The molecule has 0 radical (unpaired) electrons. The molecule has 22 heavy (non-hydrogen) atoms. The van der Waals surface area contributed by atoms with Crippen molar-refractivity contribution in [3.63, 3.8) is 0 Å². The highest BCUT2D eigenvalue weighted by atomic mass is 19.2. The van der Waals surface area contributed by atoms with Crippen LogP contribution in [0.15, 0.2) is 24.9 Å². The van der Waals surface area contributed by atoms with Crippen molar-refractivity contribution in [3.05, 3.63) is 47.9 Å². The Morgan fingerprint density at radius 2 is 2.18 bits per heavy atom. The Hall–Kier alpha value is -1.75. The van der Waals surface area contributed by atoms with E-state index < -0.39 is 17.5 Å². The van der Waals surface area contributed by atoms with Gasteiger partial charge < -0.3 is 4.98 Å². The first-order valence-electron chi connectivity index (χ1n) is 7.54. The lowest BCUT2D eigenvalue weighted by atomic mass is 10.0. The van der Waals surface area contributed by atoms with Gasteiger partial charge in [0.1, 0.15) is 0 Å². The van der Waals surface area contributed by atoms with Crippen molar-refractivity contribution in [2.75, 3.05) is 6.54 Å². The van der Waals surface area contributed by atoms with E-state index in [2.05, 4.69) is 23.4 Å². The molecule has 1 N–H and O–H groups in total. The summed E-state index contributed by atoms with van der Waals surface area (Å²) < 4.78 is 40.6. The van der Waals surface area contributed by atoms with Crippen LogP contribution in [0, 0.1) is 17.5 Å². The van der Waals surface area contributed by atoms with Crippen LogP contribution in [0.1, 0.15) is 25.3 Å². The topological polar surface area (TPSA) is 19.0 Å². The normalized spacial score (nSPS) is 20.6. The molecular weight excluding hydrogens is 289 g/mol. The van der Waals surface area contributed by atoms with Gasteiger partial charge in [0.2, 0.25) is 0 Å². The summed E-state index contributed by atoms with van der Waals surface area (Å²) in [6, 6.07) is 1.65. The Balaban J connectivity index is 1.93. The SMILES string of the molecule is C=CC(C)N1CCC[C@@H]1Cc1c[nH]c2c(F)c(F)c(F)cc12. The Kier molecular flexibility index (Phi) is 4.00. The molecule has 1 aliphatic rings. The summed E-state index contributed by atoms with van der Waals surface area (Å²) in [5.74, 6) is -3.72. The summed E-state index contributed by atoms with van der Waals surface area (Å²) in [5, 5.41) is 0.425. The molecule has 118 valence electrons. The van der Waals surface area contributed by atoms with Crippen LogP contribution in [0.2, 0.25) is 0 Å². The van der Waals surface area contributed by atoms with Gasteiger partial charge >= 0.3 is 0 Å². The lowest BCUT2D eigenvalue weighted by molar-refractivity contribution is 0.221. The molecule has 1 fully saturated rings. The fourth-order valence-corrected chi connectivity index (χ4v) is 3.40. The van der Waals surface area contributed by atoms with E-state index in [1.165, 1.54) is 0 Å². The van der Waals surface area contributed by atoms with Gasteiger partial charge in [-0.05, 0) is 44.4 Å². The molecule has 0 bridgehead atoms. The second kappa shape index (κ2) is 5.80. The van der Waals surface area contributed by atoms with E-state index in [1.54, 1.807) is 6.20 Å². The minimum atomic E-state index is -1.43. The number of hydrogen-bond donors (Lipinski definition) is 1. The van der Waals surface area contributed by atoms with Gasteiger partial charge in [-0.25, -0.2) is 13.2 Å². The first kappa shape index (κ1) is 15.2. The smallest absolute Gasteiger partial charge is 0.196 e. The van der Waals surface area contributed by atoms with Crippen LogP contribution in [0.5, 0.6) is 0 Å². The van der Waals surface area contributed by atoms with Crippen LogP contribution < -0.4 is 0 Å². The Labute approximate surface area is 127 Å².